The molecule has 0 saturated heterocycles. The van der Waals surface area contributed by atoms with Crippen LogP contribution in [-0.4, -0.2) is 44.5 Å². The summed E-state index contributed by atoms with van der Waals surface area (Å²) in [6.45, 7) is -0.0200. The minimum atomic E-state index is -3.81. The number of phenols is 1. The van der Waals surface area contributed by atoms with Crippen LogP contribution in [0.25, 0.3) is 0 Å². The summed E-state index contributed by atoms with van der Waals surface area (Å²) < 4.78 is 31.6. The van der Waals surface area contributed by atoms with Gasteiger partial charge in [-0.05, 0) is 18.2 Å². The van der Waals surface area contributed by atoms with E-state index in [1.807, 2.05) is 0 Å². The molecule has 7 nitrogen and oxygen atoms in total. The van der Waals surface area contributed by atoms with Crippen molar-refractivity contribution >= 4 is 33.5 Å². The van der Waals surface area contributed by atoms with Crippen LogP contribution in [0.3, 0.4) is 0 Å². The molecular formula is C11H15ClN2O5S. The van der Waals surface area contributed by atoms with Crippen molar-refractivity contribution in [3.8, 4) is 5.75 Å². The van der Waals surface area contributed by atoms with Gasteiger partial charge in [-0.3, -0.25) is 9.52 Å². The number of halogens is 1. The van der Waals surface area contributed by atoms with Crippen LogP contribution in [0.5, 0.6) is 5.75 Å². The summed E-state index contributed by atoms with van der Waals surface area (Å²) in [4.78, 5) is 11.0. The highest BCUT2D eigenvalue weighted by atomic mass is 35.5. The van der Waals surface area contributed by atoms with Crippen molar-refractivity contribution in [2.45, 2.75) is 6.42 Å². The topological polar surface area (TPSA) is 95.9 Å². The molecule has 0 aliphatic rings. The van der Waals surface area contributed by atoms with E-state index in [1.54, 1.807) is 0 Å². The average Bonchev–Trinajstić information content (AvgIpc) is 2.39. The normalized spacial score (nSPS) is 11.4. The molecule has 0 unspecified atom stereocenters. The second kappa shape index (κ2) is 6.78. The first-order chi connectivity index (χ1) is 9.26. The summed E-state index contributed by atoms with van der Waals surface area (Å²) in [5, 5.41) is 9.28. The number of nitrogens with zero attached hydrogens (tertiary/aromatic N) is 1. The maximum Gasteiger partial charge on any atom is 0.306 e. The Morgan fingerprint density at radius 1 is 1.50 bits per heavy atom. The van der Waals surface area contributed by atoms with E-state index in [2.05, 4.69) is 9.46 Å². The largest absolute Gasteiger partial charge is 0.506 e. The SMILES string of the molecule is COC(=O)CCN(C)S(=O)(=O)Nc1ccc(O)c(Cl)c1. The third kappa shape index (κ3) is 4.55. The highest BCUT2D eigenvalue weighted by Crippen LogP contribution is 2.26. The number of benzene rings is 1. The van der Waals surface area contributed by atoms with E-state index in [1.165, 1.54) is 32.4 Å². The molecule has 0 bridgehead atoms. The molecule has 1 aromatic carbocycles. The number of rotatable bonds is 6. The molecule has 0 spiro atoms. The summed E-state index contributed by atoms with van der Waals surface area (Å²) in [7, 11) is -1.26. The van der Waals surface area contributed by atoms with Crippen molar-refractivity contribution in [3.05, 3.63) is 23.2 Å². The molecule has 0 amide bonds. The highest BCUT2D eigenvalue weighted by molar-refractivity contribution is 7.90. The number of esters is 1. The van der Waals surface area contributed by atoms with E-state index in [0.717, 1.165) is 4.31 Å². The number of hydrogen-bond acceptors (Lipinski definition) is 5. The Morgan fingerprint density at radius 2 is 2.15 bits per heavy atom. The molecule has 0 aliphatic carbocycles. The van der Waals surface area contributed by atoms with E-state index in [9.17, 15) is 18.3 Å². The summed E-state index contributed by atoms with van der Waals surface area (Å²) in [5.74, 6) is -0.645. The summed E-state index contributed by atoms with van der Waals surface area (Å²) in [6, 6.07) is 3.92. The third-order valence-electron chi connectivity index (χ3n) is 2.46. The maximum absolute atomic E-state index is 12.0. The summed E-state index contributed by atoms with van der Waals surface area (Å²) in [5.41, 5.74) is 0.206. The Kier molecular flexibility index (Phi) is 5.61. The van der Waals surface area contributed by atoms with Crippen LogP contribution in [0, 0.1) is 0 Å². The maximum atomic E-state index is 12.0. The summed E-state index contributed by atoms with van der Waals surface area (Å²) in [6.07, 6.45) is -0.0513. The quantitative estimate of drug-likeness (QED) is 0.606. The van der Waals surface area contributed by atoms with Crippen molar-refractivity contribution < 1.29 is 23.1 Å². The number of carbonyl (C=O) groups is 1. The molecular weight excluding hydrogens is 308 g/mol. The fraction of sp³-hybridized carbons (Fsp3) is 0.364. The average molecular weight is 323 g/mol. The Morgan fingerprint density at radius 3 is 2.70 bits per heavy atom. The van der Waals surface area contributed by atoms with Gasteiger partial charge in [0.15, 0.2) is 0 Å². The van der Waals surface area contributed by atoms with Crippen LogP contribution < -0.4 is 4.72 Å². The number of hydrogen-bond donors (Lipinski definition) is 2. The van der Waals surface area contributed by atoms with Gasteiger partial charge in [-0.1, -0.05) is 11.6 Å². The van der Waals surface area contributed by atoms with Gasteiger partial charge in [0, 0.05) is 13.6 Å². The first kappa shape index (κ1) is 16.5. The van der Waals surface area contributed by atoms with Crippen LogP contribution in [0.1, 0.15) is 6.42 Å². The number of anilines is 1. The monoisotopic (exact) mass is 322 g/mol. The molecule has 0 radical (unpaired) electrons. The number of phenolic OH excluding ortho intramolecular Hbond substituents is 1. The van der Waals surface area contributed by atoms with Crippen LogP contribution >= 0.6 is 11.6 Å². The Balaban J connectivity index is 2.73. The van der Waals surface area contributed by atoms with Gasteiger partial charge in [0.25, 0.3) is 0 Å². The molecule has 20 heavy (non-hydrogen) atoms. The Labute approximate surface area is 122 Å². The lowest BCUT2D eigenvalue weighted by atomic mass is 10.3. The number of ether oxygens (including phenoxy) is 1. The van der Waals surface area contributed by atoms with Gasteiger partial charge in [0.1, 0.15) is 5.75 Å². The molecule has 1 aromatic rings. The van der Waals surface area contributed by atoms with Gasteiger partial charge < -0.3 is 9.84 Å². The highest BCUT2D eigenvalue weighted by Gasteiger charge is 2.19. The van der Waals surface area contributed by atoms with Gasteiger partial charge in [0.2, 0.25) is 0 Å². The van der Waals surface area contributed by atoms with Gasteiger partial charge >= 0.3 is 16.2 Å². The van der Waals surface area contributed by atoms with Gasteiger partial charge in [-0.2, -0.15) is 12.7 Å². The van der Waals surface area contributed by atoms with E-state index >= 15 is 0 Å². The molecule has 0 saturated carbocycles. The van der Waals surface area contributed by atoms with Crippen molar-refractivity contribution in [1.29, 1.82) is 0 Å². The van der Waals surface area contributed by atoms with Crippen LogP contribution in [-0.2, 0) is 19.7 Å². The lowest BCUT2D eigenvalue weighted by molar-refractivity contribution is -0.140. The van der Waals surface area contributed by atoms with Gasteiger partial charge in [-0.25, -0.2) is 0 Å². The second-order valence-electron chi connectivity index (χ2n) is 3.92. The minimum Gasteiger partial charge on any atom is -0.506 e. The van der Waals surface area contributed by atoms with E-state index in [-0.39, 0.29) is 29.4 Å². The first-order valence-corrected chi connectivity index (χ1v) is 7.37. The van der Waals surface area contributed by atoms with Crippen molar-refractivity contribution in [2.75, 3.05) is 25.4 Å². The smallest absolute Gasteiger partial charge is 0.306 e. The lowest BCUT2D eigenvalue weighted by Gasteiger charge is -2.17. The minimum absolute atomic E-state index is 0.0200. The molecule has 0 heterocycles. The standard InChI is InChI=1S/C11H15ClN2O5S/c1-14(6-5-11(16)19-2)20(17,18)13-8-3-4-10(15)9(12)7-8/h3-4,7,13,15H,5-6H2,1-2H3. The van der Waals surface area contributed by atoms with Crippen molar-refractivity contribution in [1.82, 2.24) is 4.31 Å². The van der Waals surface area contributed by atoms with E-state index in [4.69, 9.17) is 11.6 Å². The zero-order valence-electron chi connectivity index (χ0n) is 11.0. The zero-order valence-corrected chi connectivity index (χ0v) is 12.5. The van der Waals surface area contributed by atoms with E-state index < -0.39 is 16.2 Å². The molecule has 0 aromatic heterocycles. The molecule has 2 N–H and O–H groups in total. The fourth-order valence-corrected chi connectivity index (χ4v) is 2.36. The zero-order chi connectivity index (χ0) is 15.3. The van der Waals surface area contributed by atoms with Crippen molar-refractivity contribution in [3.63, 3.8) is 0 Å². The molecule has 0 fully saturated rings. The second-order valence-corrected chi connectivity index (χ2v) is 6.11. The van der Waals surface area contributed by atoms with Crippen LogP contribution in [0.15, 0.2) is 18.2 Å². The fourth-order valence-electron chi connectivity index (χ4n) is 1.27. The lowest BCUT2D eigenvalue weighted by Crippen LogP contribution is -2.34. The Bertz CT molecular complexity index is 590. The third-order valence-corrected chi connectivity index (χ3v) is 4.26. The van der Waals surface area contributed by atoms with Crippen molar-refractivity contribution in [2.24, 2.45) is 0 Å². The number of aromatic hydroxyl groups is 1. The number of nitrogens with one attached hydrogen (secondary N) is 1. The van der Waals surface area contributed by atoms with Gasteiger partial charge in [0.05, 0.1) is 24.2 Å². The molecule has 9 heteroatoms. The molecule has 112 valence electrons. The van der Waals surface area contributed by atoms with Crippen LogP contribution in [0.4, 0.5) is 5.69 Å². The number of methoxy groups -OCH3 is 1. The predicted molar refractivity (Wildman–Crippen MR) is 74.9 cm³/mol. The van der Waals surface area contributed by atoms with Gasteiger partial charge in [-0.15, -0.1) is 0 Å². The number of carbonyl (C=O) groups excluding carboxylic acids is 1. The predicted octanol–water partition coefficient (Wildman–Crippen LogP) is 1.20. The van der Waals surface area contributed by atoms with E-state index in [0.29, 0.717) is 0 Å². The summed E-state index contributed by atoms with van der Waals surface area (Å²) >= 11 is 5.68. The molecule has 0 atom stereocenters. The molecule has 1 rings (SSSR count). The molecule has 0 aliphatic heterocycles. The first-order valence-electron chi connectivity index (χ1n) is 5.55. The Hall–Kier alpha value is -1.51. The van der Waals surface area contributed by atoms with Crippen LogP contribution in [0.2, 0.25) is 5.02 Å².